The highest BCUT2D eigenvalue weighted by Crippen LogP contribution is 2.34. The molecule has 2 N–H and O–H groups in total. The predicted molar refractivity (Wildman–Crippen MR) is 65.2 cm³/mol. The largest absolute Gasteiger partial charge is 0.493 e. The Morgan fingerprint density at radius 3 is 2.78 bits per heavy atom. The quantitative estimate of drug-likeness (QED) is 0.913. The molecule has 0 saturated heterocycles. The first-order valence-corrected chi connectivity index (χ1v) is 5.64. The Kier molecular flexibility index (Phi) is 3.33. The van der Waals surface area contributed by atoms with Crippen LogP contribution in [0.15, 0.2) is 22.7 Å². The zero-order chi connectivity index (χ0) is 13.3. The van der Waals surface area contributed by atoms with Crippen LogP contribution in [0.2, 0.25) is 0 Å². The van der Waals surface area contributed by atoms with Gasteiger partial charge >= 0.3 is 5.97 Å². The van der Waals surface area contributed by atoms with Crippen LogP contribution in [-0.2, 0) is 0 Å². The second-order valence-corrected chi connectivity index (χ2v) is 4.36. The zero-order valence-corrected chi connectivity index (χ0v) is 10.8. The van der Waals surface area contributed by atoms with Crippen molar-refractivity contribution in [3.8, 4) is 17.0 Å². The molecule has 2 rings (SSSR count). The Morgan fingerprint density at radius 1 is 1.50 bits per heavy atom. The predicted octanol–water partition coefficient (Wildman–Crippen LogP) is 2.69. The summed E-state index contributed by atoms with van der Waals surface area (Å²) in [7, 11) is 1.33. The van der Waals surface area contributed by atoms with Crippen LogP contribution in [0.3, 0.4) is 0 Å². The number of nitrogens with zero attached hydrogens (tertiary/aromatic N) is 1. The van der Waals surface area contributed by atoms with Crippen molar-refractivity contribution in [2.75, 3.05) is 7.11 Å². The Bertz CT molecular complexity index is 612. The van der Waals surface area contributed by atoms with E-state index in [1.54, 1.807) is 6.07 Å². The molecule has 18 heavy (non-hydrogen) atoms. The molecular formula is C11H8BrFN2O3. The number of aromatic nitrogens is 2. The van der Waals surface area contributed by atoms with E-state index < -0.39 is 11.8 Å². The van der Waals surface area contributed by atoms with Crippen LogP contribution < -0.4 is 4.74 Å². The van der Waals surface area contributed by atoms with Crippen molar-refractivity contribution in [1.82, 2.24) is 10.2 Å². The van der Waals surface area contributed by atoms with Crippen molar-refractivity contribution in [3.05, 3.63) is 34.2 Å². The minimum absolute atomic E-state index is 0.0154. The molecule has 7 heteroatoms. The van der Waals surface area contributed by atoms with E-state index in [4.69, 9.17) is 9.84 Å². The molecule has 0 bridgehead atoms. The van der Waals surface area contributed by atoms with Crippen molar-refractivity contribution in [1.29, 1.82) is 0 Å². The monoisotopic (exact) mass is 314 g/mol. The molecule has 0 unspecified atom stereocenters. The Balaban J connectivity index is 2.58. The summed E-state index contributed by atoms with van der Waals surface area (Å²) in [5, 5.41) is 15.0. The van der Waals surface area contributed by atoms with Crippen LogP contribution in [0, 0.1) is 5.82 Å². The van der Waals surface area contributed by atoms with Crippen LogP contribution in [0.5, 0.6) is 5.75 Å². The second kappa shape index (κ2) is 4.77. The third-order valence-electron chi connectivity index (χ3n) is 2.30. The summed E-state index contributed by atoms with van der Waals surface area (Å²) < 4.78 is 19.1. The number of hydrogen-bond acceptors (Lipinski definition) is 3. The molecule has 1 aromatic carbocycles. The van der Waals surface area contributed by atoms with Gasteiger partial charge in [0.2, 0.25) is 0 Å². The average Bonchev–Trinajstić information content (AvgIpc) is 2.77. The highest BCUT2D eigenvalue weighted by atomic mass is 79.9. The number of aromatic carboxylic acids is 1. The summed E-state index contributed by atoms with van der Waals surface area (Å²) in [6.07, 6.45) is 0. The van der Waals surface area contributed by atoms with Gasteiger partial charge in [-0.1, -0.05) is 15.9 Å². The number of rotatable bonds is 3. The van der Waals surface area contributed by atoms with Gasteiger partial charge in [-0.3, -0.25) is 5.10 Å². The summed E-state index contributed by atoms with van der Waals surface area (Å²) in [5.41, 5.74) is 0.588. The lowest BCUT2D eigenvalue weighted by atomic mass is 10.1. The second-order valence-electron chi connectivity index (χ2n) is 3.44. The molecule has 0 aliphatic heterocycles. The van der Waals surface area contributed by atoms with Gasteiger partial charge in [0.25, 0.3) is 0 Å². The van der Waals surface area contributed by atoms with Gasteiger partial charge in [0, 0.05) is 10.0 Å². The van der Waals surface area contributed by atoms with E-state index in [0.717, 1.165) is 0 Å². The molecule has 0 radical (unpaired) electrons. The third kappa shape index (κ3) is 2.21. The molecular weight excluding hydrogens is 307 g/mol. The van der Waals surface area contributed by atoms with Gasteiger partial charge in [-0.2, -0.15) is 5.10 Å². The molecule has 5 nitrogen and oxygen atoms in total. The van der Waals surface area contributed by atoms with Crippen molar-refractivity contribution in [2.24, 2.45) is 0 Å². The van der Waals surface area contributed by atoms with Crippen molar-refractivity contribution >= 4 is 21.9 Å². The smallest absolute Gasteiger partial charge is 0.353 e. The van der Waals surface area contributed by atoms with Gasteiger partial charge in [-0.05, 0) is 18.2 Å². The normalized spacial score (nSPS) is 10.4. The number of hydrogen-bond donors (Lipinski definition) is 2. The lowest BCUT2D eigenvalue weighted by Crippen LogP contribution is -1.95. The SMILES string of the molecule is COc1c(F)cc(Br)cc1-c1cc(C(=O)O)[nH]n1. The molecule has 0 spiro atoms. The number of H-pyrrole nitrogens is 1. The van der Waals surface area contributed by atoms with Gasteiger partial charge in [0.15, 0.2) is 11.6 Å². The Hall–Kier alpha value is -1.89. The Morgan fingerprint density at radius 2 is 2.22 bits per heavy atom. The fraction of sp³-hybridized carbons (Fsp3) is 0.0909. The van der Waals surface area contributed by atoms with E-state index in [-0.39, 0.29) is 11.4 Å². The summed E-state index contributed by atoms with van der Waals surface area (Å²) in [6, 6.07) is 4.17. The molecule has 0 aliphatic carbocycles. The Labute approximate surface area is 110 Å². The first-order valence-electron chi connectivity index (χ1n) is 4.85. The fourth-order valence-electron chi connectivity index (χ4n) is 1.53. The molecule has 0 aliphatic rings. The maximum atomic E-state index is 13.7. The van der Waals surface area contributed by atoms with Crippen LogP contribution >= 0.6 is 15.9 Å². The summed E-state index contributed by atoms with van der Waals surface area (Å²) >= 11 is 3.16. The van der Waals surface area contributed by atoms with E-state index in [2.05, 4.69) is 26.1 Å². The maximum absolute atomic E-state index is 13.7. The van der Waals surface area contributed by atoms with Crippen molar-refractivity contribution in [3.63, 3.8) is 0 Å². The van der Waals surface area contributed by atoms with E-state index in [9.17, 15) is 9.18 Å². The molecule has 0 fully saturated rings. The number of ether oxygens (including phenoxy) is 1. The first kappa shape index (κ1) is 12.6. The highest BCUT2D eigenvalue weighted by Gasteiger charge is 2.16. The zero-order valence-electron chi connectivity index (χ0n) is 9.20. The highest BCUT2D eigenvalue weighted by molar-refractivity contribution is 9.10. The number of halogens is 2. The lowest BCUT2D eigenvalue weighted by molar-refractivity contribution is 0.0690. The molecule has 2 aromatic rings. The lowest BCUT2D eigenvalue weighted by Gasteiger charge is -2.07. The van der Waals surface area contributed by atoms with Crippen molar-refractivity contribution in [2.45, 2.75) is 0 Å². The van der Waals surface area contributed by atoms with Gasteiger partial charge in [0.1, 0.15) is 5.69 Å². The number of carbonyl (C=O) groups is 1. The van der Waals surface area contributed by atoms with E-state index in [1.165, 1.54) is 19.2 Å². The maximum Gasteiger partial charge on any atom is 0.353 e. The summed E-state index contributed by atoms with van der Waals surface area (Å²) in [5.74, 6) is -1.67. The fourth-order valence-corrected chi connectivity index (χ4v) is 1.96. The van der Waals surface area contributed by atoms with Gasteiger partial charge < -0.3 is 9.84 Å². The van der Waals surface area contributed by atoms with E-state index in [1.807, 2.05) is 0 Å². The molecule has 0 saturated carbocycles. The number of methoxy groups -OCH3 is 1. The standard InChI is InChI=1S/C11H8BrFN2O3/c1-18-10-6(2-5(12)3-7(10)13)8-4-9(11(16)17)15-14-8/h2-4H,1H3,(H,14,15)(H,16,17). The van der Waals surface area contributed by atoms with Gasteiger partial charge in [0.05, 0.1) is 12.8 Å². The number of aromatic amines is 1. The van der Waals surface area contributed by atoms with Crippen LogP contribution in [0.1, 0.15) is 10.5 Å². The summed E-state index contributed by atoms with van der Waals surface area (Å²) in [6.45, 7) is 0. The number of carboxylic acids is 1. The number of nitrogens with one attached hydrogen (secondary N) is 1. The van der Waals surface area contributed by atoms with Crippen LogP contribution in [-0.4, -0.2) is 28.4 Å². The van der Waals surface area contributed by atoms with E-state index in [0.29, 0.717) is 15.7 Å². The number of benzene rings is 1. The minimum atomic E-state index is -1.14. The van der Waals surface area contributed by atoms with Gasteiger partial charge in [-0.25, -0.2) is 9.18 Å². The molecule has 0 amide bonds. The molecule has 1 heterocycles. The minimum Gasteiger partial charge on any atom is -0.493 e. The first-order chi connectivity index (χ1) is 8.52. The third-order valence-corrected chi connectivity index (χ3v) is 2.75. The summed E-state index contributed by atoms with van der Waals surface area (Å²) in [4.78, 5) is 10.7. The number of carboxylic acid groups (broad SMARTS) is 1. The molecule has 1 aromatic heterocycles. The van der Waals surface area contributed by atoms with Crippen molar-refractivity contribution < 1.29 is 19.0 Å². The van der Waals surface area contributed by atoms with Crippen LogP contribution in [0.4, 0.5) is 4.39 Å². The van der Waals surface area contributed by atoms with Gasteiger partial charge in [-0.15, -0.1) is 0 Å². The topological polar surface area (TPSA) is 75.2 Å². The molecule has 94 valence electrons. The average molecular weight is 315 g/mol. The molecule has 0 atom stereocenters. The van der Waals surface area contributed by atoms with E-state index >= 15 is 0 Å². The van der Waals surface area contributed by atoms with Crippen LogP contribution in [0.25, 0.3) is 11.3 Å².